The summed E-state index contributed by atoms with van der Waals surface area (Å²) in [6, 6.07) is 8.65. The minimum Gasteiger partial charge on any atom is -0.468 e. The Morgan fingerprint density at radius 3 is 2.52 bits per heavy atom. The lowest BCUT2D eigenvalue weighted by Crippen LogP contribution is -2.59. The molecule has 0 N–H and O–H groups in total. The van der Waals surface area contributed by atoms with Crippen LogP contribution in [-0.4, -0.2) is 91.2 Å². The Labute approximate surface area is 183 Å². The van der Waals surface area contributed by atoms with Crippen molar-refractivity contribution in [3.63, 3.8) is 0 Å². The van der Waals surface area contributed by atoms with Crippen LogP contribution >= 0.6 is 0 Å². The van der Waals surface area contributed by atoms with Crippen LogP contribution in [0.3, 0.4) is 0 Å². The number of methoxy groups -OCH3 is 2. The molecule has 1 aromatic carbocycles. The summed E-state index contributed by atoms with van der Waals surface area (Å²) in [5, 5.41) is 0. The van der Waals surface area contributed by atoms with Crippen LogP contribution in [0.5, 0.6) is 0 Å². The highest BCUT2D eigenvalue weighted by Gasteiger charge is 2.58. The molecule has 0 radical (unpaired) electrons. The van der Waals surface area contributed by atoms with E-state index in [2.05, 4.69) is 33.9 Å². The van der Waals surface area contributed by atoms with Crippen molar-refractivity contribution < 1.29 is 23.9 Å². The number of urea groups is 1. The molecule has 8 nitrogen and oxygen atoms in total. The summed E-state index contributed by atoms with van der Waals surface area (Å²) in [5.41, 5.74) is 1.96. The number of carbonyl (C=O) groups excluding carboxylic acids is 3. The minimum atomic E-state index is -0.896. The lowest BCUT2D eigenvalue weighted by Gasteiger charge is -2.45. The van der Waals surface area contributed by atoms with Crippen molar-refractivity contribution in [2.24, 2.45) is 0 Å². The van der Waals surface area contributed by atoms with Crippen LogP contribution in [0.1, 0.15) is 30.4 Å². The first-order chi connectivity index (χ1) is 15.0. The van der Waals surface area contributed by atoms with Gasteiger partial charge in [0, 0.05) is 32.8 Å². The normalized spacial score (nSPS) is 23.4. The summed E-state index contributed by atoms with van der Waals surface area (Å²) in [7, 11) is 2.83. The molecule has 2 heterocycles. The van der Waals surface area contributed by atoms with Gasteiger partial charge in [0.2, 0.25) is 0 Å². The Balaban J connectivity index is 1.48. The molecule has 8 heteroatoms. The van der Waals surface area contributed by atoms with E-state index in [1.807, 2.05) is 0 Å². The van der Waals surface area contributed by atoms with Gasteiger partial charge in [-0.3, -0.25) is 19.4 Å². The van der Waals surface area contributed by atoms with E-state index in [0.717, 1.165) is 37.3 Å². The quantitative estimate of drug-likeness (QED) is 0.503. The van der Waals surface area contributed by atoms with Gasteiger partial charge in [-0.1, -0.05) is 24.3 Å². The molecule has 1 aliphatic carbocycles. The second kappa shape index (κ2) is 8.96. The molecule has 1 atom stereocenters. The van der Waals surface area contributed by atoms with E-state index in [1.54, 1.807) is 12.0 Å². The zero-order chi connectivity index (χ0) is 22.0. The summed E-state index contributed by atoms with van der Waals surface area (Å²) in [5.74, 6) is -0.878. The molecule has 0 bridgehead atoms. The number of rotatable bonds is 6. The van der Waals surface area contributed by atoms with Crippen LogP contribution in [0, 0.1) is 0 Å². The SMILES string of the molecule is COCCN1C(=O)N(CC(=O)OC)C(=O)C12CCN(C1CCc3ccccc3C1)CC2. The third-order valence-corrected chi connectivity index (χ3v) is 7.12. The summed E-state index contributed by atoms with van der Waals surface area (Å²) in [6.45, 7) is 1.83. The summed E-state index contributed by atoms with van der Waals surface area (Å²) < 4.78 is 9.87. The fraction of sp³-hybridized carbons (Fsp3) is 0.609. The van der Waals surface area contributed by atoms with Gasteiger partial charge in [0.25, 0.3) is 5.91 Å². The number of nitrogens with zero attached hydrogens (tertiary/aromatic N) is 3. The molecule has 1 unspecified atom stereocenters. The molecule has 31 heavy (non-hydrogen) atoms. The van der Waals surface area contributed by atoms with Gasteiger partial charge in [-0.05, 0) is 43.2 Å². The average molecular weight is 430 g/mol. The van der Waals surface area contributed by atoms with Gasteiger partial charge >= 0.3 is 12.0 Å². The number of hydrogen-bond acceptors (Lipinski definition) is 6. The summed E-state index contributed by atoms with van der Waals surface area (Å²) >= 11 is 0. The zero-order valence-corrected chi connectivity index (χ0v) is 18.3. The van der Waals surface area contributed by atoms with Crippen molar-refractivity contribution in [3.05, 3.63) is 35.4 Å². The number of benzene rings is 1. The van der Waals surface area contributed by atoms with Crippen molar-refractivity contribution in [3.8, 4) is 0 Å². The molecule has 2 aliphatic heterocycles. The van der Waals surface area contributed by atoms with Gasteiger partial charge < -0.3 is 14.4 Å². The number of hydrogen-bond donors (Lipinski definition) is 0. The van der Waals surface area contributed by atoms with Gasteiger partial charge in [0.15, 0.2) is 0 Å². The molecular weight excluding hydrogens is 398 g/mol. The third-order valence-electron chi connectivity index (χ3n) is 7.12. The number of amides is 3. The van der Waals surface area contributed by atoms with Crippen LogP contribution in [0.4, 0.5) is 4.79 Å². The van der Waals surface area contributed by atoms with Crippen molar-refractivity contribution in [2.45, 2.75) is 43.7 Å². The minimum absolute atomic E-state index is 0.285. The molecule has 3 aliphatic rings. The van der Waals surface area contributed by atoms with Crippen molar-refractivity contribution in [1.29, 1.82) is 0 Å². The lowest BCUT2D eigenvalue weighted by molar-refractivity contribution is -0.146. The Kier molecular flexibility index (Phi) is 6.29. The predicted octanol–water partition coefficient (Wildman–Crippen LogP) is 1.46. The summed E-state index contributed by atoms with van der Waals surface area (Å²) in [6.07, 6.45) is 4.34. The van der Waals surface area contributed by atoms with E-state index in [0.29, 0.717) is 32.0 Å². The second-order valence-electron chi connectivity index (χ2n) is 8.63. The maximum atomic E-state index is 13.4. The third kappa shape index (κ3) is 3.94. The van der Waals surface area contributed by atoms with E-state index in [1.165, 1.54) is 18.2 Å². The largest absolute Gasteiger partial charge is 0.468 e. The first-order valence-corrected chi connectivity index (χ1v) is 11.0. The van der Waals surface area contributed by atoms with E-state index >= 15 is 0 Å². The van der Waals surface area contributed by atoms with Crippen LogP contribution in [-0.2, 0) is 31.9 Å². The Morgan fingerprint density at radius 2 is 1.84 bits per heavy atom. The summed E-state index contributed by atoms with van der Waals surface area (Å²) in [4.78, 5) is 43.3. The number of imide groups is 1. The van der Waals surface area contributed by atoms with E-state index < -0.39 is 17.5 Å². The standard InChI is InChI=1S/C23H31N3O5/c1-30-14-13-26-22(29)25(16-20(27)31-2)21(28)23(26)9-11-24(12-10-23)19-8-7-17-5-3-4-6-18(17)15-19/h3-6,19H,7-16H2,1-2H3. The molecule has 3 amide bonds. The van der Waals surface area contributed by atoms with Gasteiger partial charge in [-0.25, -0.2) is 4.79 Å². The first kappa shape index (κ1) is 21.8. The Morgan fingerprint density at radius 1 is 1.13 bits per heavy atom. The molecule has 168 valence electrons. The molecule has 0 aromatic heterocycles. The first-order valence-electron chi connectivity index (χ1n) is 11.0. The van der Waals surface area contributed by atoms with Crippen LogP contribution in [0.2, 0.25) is 0 Å². The molecule has 1 spiro atoms. The highest BCUT2D eigenvalue weighted by atomic mass is 16.5. The van der Waals surface area contributed by atoms with Crippen molar-refractivity contribution >= 4 is 17.9 Å². The molecule has 0 saturated carbocycles. The monoisotopic (exact) mass is 429 g/mol. The van der Waals surface area contributed by atoms with E-state index in [-0.39, 0.29) is 12.5 Å². The fourth-order valence-electron chi connectivity index (χ4n) is 5.34. The van der Waals surface area contributed by atoms with Crippen molar-refractivity contribution in [2.75, 3.05) is 47.0 Å². The van der Waals surface area contributed by atoms with E-state index in [4.69, 9.17) is 4.74 Å². The molecule has 1 aromatic rings. The maximum Gasteiger partial charge on any atom is 0.328 e. The van der Waals surface area contributed by atoms with Crippen LogP contribution in [0.15, 0.2) is 24.3 Å². The van der Waals surface area contributed by atoms with E-state index in [9.17, 15) is 14.4 Å². The maximum absolute atomic E-state index is 13.4. The van der Waals surface area contributed by atoms with Gasteiger partial charge in [0.1, 0.15) is 12.1 Å². The van der Waals surface area contributed by atoms with Gasteiger partial charge in [0.05, 0.1) is 13.7 Å². The van der Waals surface area contributed by atoms with Crippen molar-refractivity contribution in [1.82, 2.24) is 14.7 Å². The predicted molar refractivity (Wildman–Crippen MR) is 114 cm³/mol. The van der Waals surface area contributed by atoms with Crippen LogP contribution in [0.25, 0.3) is 0 Å². The average Bonchev–Trinajstić information content (AvgIpc) is 2.98. The Bertz CT molecular complexity index is 849. The fourth-order valence-corrected chi connectivity index (χ4v) is 5.34. The molecule has 2 saturated heterocycles. The Hall–Kier alpha value is -2.45. The second-order valence-corrected chi connectivity index (χ2v) is 8.63. The number of aryl methyl sites for hydroxylation is 1. The lowest BCUT2D eigenvalue weighted by atomic mass is 9.82. The van der Waals surface area contributed by atoms with Gasteiger partial charge in [-0.2, -0.15) is 0 Å². The molecule has 2 fully saturated rings. The number of likely N-dealkylation sites (tertiary alicyclic amines) is 1. The number of ether oxygens (including phenoxy) is 2. The number of piperidine rings is 1. The zero-order valence-electron chi connectivity index (χ0n) is 18.3. The highest BCUT2D eigenvalue weighted by molar-refractivity contribution is 6.08. The van der Waals surface area contributed by atoms with Gasteiger partial charge in [-0.15, -0.1) is 0 Å². The number of carbonyl (C=O) groups is 3. The number of esters is 1. The highest BCUT2D eigenvalue weighted by Crippen LogP contribution is 2.38. The number of fused-ring (bicyclic) bond motifs is 1. The smallest absolute Gasteiger partial charge is 0.328 e. The topological polar surface area (TPSA) is 79.4 Å². The molecular formula is C23H31N3O5. The molecule has 4 rings (SSSR count). The van der Waals surface area contributed by atoms with Crippen LogP contribution < -0.4 is 0 Å².